The largest absolute Gasteiger partial charge is 0.497 e. The molecule has 0 unspecified atom stereocenters. The van der Waals surface area contributed by atoms with Gasteiger partial charge >= 0.3 is 0 Å². The van der Waals surface area contributed by atoms with Crippen LogP contribution in [0.4, 0.5) is 0 Å². The monoisotopic (exact) mass is 436 g/mol. The molecule has 2 heterocycles. The Kier molecular flexibility index (Phi) is 5.82. The number of carbonyl (C=O) groups is 1. The summed E-state index contributed by atoms with van der Waals surface area (Å²) in [5.74, 6) is 1.41. The number of rotatable bonds is 5. The number of fused-ring (bicyclic) bond motifs is 1. The van der Waals surface area contributed by atoms with Crippen LogP contribution in [-0.2, 0) is 6.42 Å². The van der Waals surface area contributed by atoms with Gasteiger partial charge in [0, 0.05) is 30.2 Å². The molecule has 0 bridgehead atoms. The van der Waals surface area contributed by atoms with Gasteiger partial charge in [0.25, 0.3) is 5.91 Å². The number of nitrogens with zero attached hydrogens (tertiary/aromatic N) is 2. The second-order valence-corrected chi connectivity index (χ2v) is 8.85. The Labute approximate surface area is 194 Å². The Morgan fingerprint density at radius 3 is 2.70 bits per heavy atom. The summed E-state index contributed by atoms with van der Waals surface area (Å²) >= 11 is 0. The Morgan fingerprint density at radius 2 is 1.88 bits per heavy atom. The van der Waals surface area contributed by atoms with Gasteiger partial charge in [0.1, 0.15) is 5.75 Å². The number of pyridine rings is 1. The van der Waals surface area contributed by atoms with Crippen LogP contribution in [0.1, 0.15) is 27.9 Å². The fourth-order valence-corrected chi connectivity index (χ4v) is 4.87. The molecule has 1 fully saturated rings. The summed E-state index contributed by atoms with van der Waals surface area (Å²) in [6, 6.07) is 24.4. The van der Waals surface area contributed by atoms with Gasteiger partial charge in [-0.2, -0.15) is 0 Å². The molecule has 1 aromatic heterocycles. The number of para-hydroxylation sites is 1. The van der Waals surface area contributed by atoms with Crippen molar-refractivity contribution in [1.29, 1.82) is 0 Å². The van der Waals surface area contributed by atoms with Gasteiger partial charge in [-0.1, -0.05) is 42.5 Å². The maximum Gasteiger partial charge on any atom is 0.254 e. The van der Waals surface area contributed by atoms with E-state index in [0.717, 1.165) is 59.5 Å². The first-order valence-corrected chi connectivity index (χ1v) is 11.5. The van der Waals surface area contributed by atoms with Gasteiger partial charge in [-0.25, -0.2) is 0 Å². The molecule has 4 heteroatoms. The summed E-state index contributed by atoms with van der Waals surface area (Å²) in [5.41, 5.74) is 6.25. The molecule has 166 valence electrons. The minimum Gasteiger partial charge on any atom is -0.497 e. The van der Waals surface area contributed by atoms with Crippen molar-refractivity contribution in [3.05, 3.63) is 95.7 Å². The highest BCUT2D eigenvalue weighted by Crippen LogP contribution is 2.30. The minimum absolute atomic E-state index is 0.127. The summed E-state index contributed by atoms with van der Waals surface area (Å²) in [5, 5.41) is 1.17. The molecule has 1 atom stereocenters. The number of hydrogen-bond donors (Lipinski definition) is 0. The normalized spacial score (nSPS) is 15.7. The maximum atomic E-state index is 13.4. The van der Waals surface area contributed by atoms with E-state index in [2.05, 4.69) is 23.2 Å². The van der Waals surface area contributed by atoms with Gasteiger partial charge in [-0.05, 0) is 78.3 Å². The molecule has 5 rings (SSSR count). The summed E-state index contributed by atoms with van der Waals surface area (Å²) in [4.78, 5) is 20.0. The van der Waals surface area contributed by atoms with Gasteiger partial charge in [0.05, 0.1) is 12.6 Å². The highest BCUT2D eigenvalue weighted by Gasteiger charge is 2.28. The standard InChI is InChI=1S/C29H28N2O2/c1-20-26(23-10-12-25(33-2)13-11-23)7-5-8-27(20)29(32)31-15-14-21(19-31)16-22-17-24-6-3-4-9-28(24)30-18-22/h3-13,17-18,21H,14-16,19H2,1-2H3/t21-/m1/s1. The number of ether oxygens (including phenoxy) is 1. The zero-order valence-corrected chi connectivity index (χ0v) is 19.1. The molecule has 4 nitrogen and oxygen atoms in total. The van der Waals surface area contributed by atoms with Crippen LogP contribution in [0, 0.1) is 12.8 Å². The van der Waals surface area contributed by atoms with E-state index in [4.69, 9.17) is 4.74 Å². The number of amides is 1. The molecule has 0 radical (unpaired) electrons. The molecule has 1 aliphatic heterocycles. The molecule has 0 spiro atoms. The fourth-order valence-electron chi connectivity index (χ4n) is 4.87. The van der Waals surface area contributed by atoms with Crippen LogP contribution >= 0.6 is 0 Å². The zero-order valence-electron chi connectivity index (χ0n) is 19.1. The van der Waals surface area contributed by atoms with E-state index < -0.39 is 0 Å². The Morgan fingerprint density at radius 1 is 1.06 bits per heavy atom. The minimum atomic E-state index is 0.127. The van der Waals surface area contributed by atoms with Crippen LogP contribution in [0.3, 0.4) is 0 Å². The second-order valence-electron chi connectivity index (χ2n) is 8.85. The van der Waals surface area contributed by atoms with Crippen LogP contribution in [0.5, 0.6) is 5.75 Å². The summed E-state index contributed by atoms with van der Waals surface area (Å²) in [7, 11) is 1.67. The molecule has 1 saturated heterocycles. The van der Waals surface area contributed by atoms with Crippen molar-refractivity contribution in [2.24, 2.45) is 5.92 Å². The third-order valence-corrected chi connectivity index (χ3v) is 6.71. The lowest BCUT2D eigenvalue weighted by atomic mass is 9.95. The number of benzene rings is 3. The van der Waals surface area contributed by atoms with Crippen LogP contribution in [0.2, 0.25) is 0 Å². The SMILES string of the molecule is COc1ccc(-c2cccc(C(=O)N3CC[C@H](Cc4cnc5ccccc5c4)C3)c2C)cc1. The van der Waals surface area contributed by atoms with Gasteiger partial charge in [-0.3, -0.25) is 9.78 Å². The molecule has 0 aliphatic carbocycles. The van der Waals surface area contributed by atoms with E-state index >= 15 is 0 Å². The lowest BCUT2D eigenvalue weighted by molar-refractivity contribution is 0.0786. The quantitative estimate of drug-likeness (QED) is 0.390. The highest BCUT2D eigenvalue weighted by atomic mass is 16.5. The fraction of sp³-hybridized carbons (Fsp3) is 0.241. The van der Waals surface area contributed by atoms with E-state index in [1.165, 1.54) is 10.9 Å². The van der Waals surface area contributed by atoms with Crippen LogP contribution in [0.15, 0.2) is 79.0 Å². The average molecular weight is 437 g/mol. The van der Waals surface area contributed by atoms with Crippen LogP contribution in [0.25, 0.3) is 22.0 Å². The molecular weight excluding hydrogens is 408 g/mol. The second kappa shape index (κ2) is 9.07. The van der Waals surface area contributed by atoms with Gasteiger partial charge < -0.3 is 9.64 Å². The number of aromatic nitrogens is 1. The number of methoxy groups -OCH3 is 1. The van der Waals surface area contributed by atoms with E-state index in [9.17, 15) is 4.79 Å². The van der Waals surface area contributed by atoms with Crippen molar-refractivity contribution in [1.82, 2.24) is 9.88 Å². The average Bonchev–Trinajstić information content (AvgIpc) is 3.32. The molecule has 0 N–H and O–H groups in total. The summed E-state index contributed by atoms with van der Waals surface area (Å²) in [6.45, 7) is 3.63. The molecule has 1 amide bonds. The molecule has 0 saturated carbocycles. The third-order valence-electron chi connectivity index (χ3n) is 6.71. The van der Waals surface area contributed by atoms with E-state index in [1.54, 1.807) is 7.11 Å². The lowest BCUT2D eigenvalue weighted by Gasteiger charge is -2.19. The third kappa shape index (κ3) is 4.34. The van der Waals surface area contributed by atoms with E-state index in [0.29, 0.717) is 5.92 Å². The molecule has 33 heavy (non-hydrogen) atoms. The lowest BCUT2D eigenvalue weighted by Crippen LogP contribution is -2.29. The van der Waals surface area contributed by atoms with Crippen LogP contribution in [-0.4, -0.2) is 36.0 Å². The van der Waals surface area contributed by atoms with Crippen molar-refractivity contribution >= 4 is 16.8 Å². The smallest absolute Gasteiger partial charge is 0.254 e. The van der Waals surface area contributed by atoms with Crippen molar-refractivity contribution in [2.45, 2.75) is 19.8 Å². The van der Waals surface area contributed by atoms with Crippen molar-refractivity contribution in [3.8, 4) is 16.9 Å². The Bertz CT molecular complexity index is 1300. The van der Waals surface area contributed by atoms with E-state index in [1.807, 2.05) is 72.6 Å². The maximum absolute atomic E-state index is 13.4. The van der Waals surface area contributed by atoms with Gasteiger partial charge in [0.2, 0.25) is 0 Å². The van der Waals surface area contributed by atoms with Crippen molar-refractivity contribution in [3.63, 3.8) is 0 Å². The van der Waals surface area contributed by atoms with E-state index in [-0.39, 0.29) is 5.91 Å². The number of carbonyl (C=O) groups excluding carboxylic acids is 1. The van der Waals surface area contributed by atoms with Gasteiger partial charge in [0.15, 0.2) is 0 Å². The summed E-state index contributed by atoms with van der Waals surface area (Å²) < 4.78 is 5.27. The van der Waals surface area contributed by atoms with Crippen LogP contribution < -0.4 is 4.74 Å². The van der Waals surface area contributed by atoms with Crippen molar-refractivity contribution in [2.75, 3.05) is 20.2 Å². The van der Waals surface area contributed by atoms with Gasteiger partial charge in [-0.15, -0.1) is 0 Å². The zero-order chi connectivity index (χ0) is 22.8. The summed E-state index contributed by atoms with van der Waals surface area (Å²) in [6.07, 6.45) is 3.96. The number of likely N-dealkylation sites (tertiary alicyclic amines) is 1. The first-order chi connectivity index (χ1) is 16.1. The predicted molar refractivity (Wildman–Crippen MR) is 133 cm³/mol. The Balaban J connectivity index is 1.30. The Hall–Kier alpha value is -3.66. The topological polar surface area (TPSA) is 42.4 Å². The predicted octanol–water partition coefficient (Wildman–Crippen LogP) is 5.92. The molecule has 4 aromatic rings. The molecule has 1 aliphatic rings. The first kappa shape index (κ1) is 21.2. The molecular formula is C29H28N2O2. The molecule has 3 aromatic carbocycles. The number of hydrogen-bond acceptors (Lipinski definition) is 3. The highest BCUT2D eigenvalue weighted by molar-refractivity contribution is 5.97. The first-order valence-electron chi connectivity index (χ1n) is 11.5. The van der Waals surface area contributed by atoms with Crippen molar-refractivity contribution < 1.29 is 9.53 Å².